The summed E-state index contributed by atoms with van der Waals surface area (Å²) in [5.41, 5.74) is 0.442. The molecule has 0 bridgehead atoms. The van der Waals surface area contributed by atoms with Crippen LogP contribution in [0.4, 0.5) is 5.82 Å². The van der Waals surface area contributed by atoms with Crippen molar-refractivity contribution >= 4 is 22.5 Å². The Kier molecular flexibility index (Phi) is 5.22. The van der Waals surface area contributed by atoms with Gasteiger partial charge in [-0.3, -0.25) is 9.69 Å². The summed E-state index contributed by atoms with van der Waals surface area (Å²) in [6.45, 7) is 10.7. The highest BCUT2D eigenvalue weighted by molar-refractivity contribution is 6.07. The van der Waals surface area contributed by atoms with Gasteiger partial charge in [0.1, 0.15) is 0 Å². The van der Waals surface area contributed by atoms with E-state index in [1.807, 2.05) is 24.3 Å². The first-order chi connectivity index (χ1) is 13.1. The van der Waals surface area contributed by atoms with Crippen LogP contribution in [0.2, 0.25) is 0 Å². The van der Waals surface area contributed by atoms with E-state index in [0.717, 1.165) is 42.8 Å². The summed E-state index contributed by atoms with van der Waals surface area (Å²) < 4.78 is 5.36. The second kappa shape index (κ2) is 7.78. The van der Waals surface area contributed by atoms with Gasteiger partial charge in [0.05, 0.1) is 13.2 Å². The minimum Gasteiger partial charge on any atom is -0.378 e. The summed E-state index contributed by atoms with van der Waals surface area (Å²) in [6.07, 6.45) is 0. The van der Waals surface area contributed by atoms with E-state index < -0.39 is 0 Å². The van der Waals surface area contributed by atoms with Crippen LogP contribution in [0, 0.1) is 0 Å². The smallest absolute Gasteiger partial charge is 0.275 e. The van der Waals surface area contributed by atoms with E-state index in [1.54, 1.807) is 4.90 Å². The monoisotopic (exact) mass is 369 g/mol. The Morgan fingerprint density at radius 1 is 0.963 bits per heavy atom. The Balaban J connectivity index is 1.64. The fourth-order valence-electron chi connectivity index (χ4n) is 3.85. The first kappa shape index (κ1) is 18.1. The number of hydrogen-bond donors (Lipinski definition) is 0. The number of anilines is 1. The molecule has 3 heterocycles. The summed E-state index contributed by atoms with van der Waals surface area (Å²) >= 11 is 0. The van der Waals surface area contributed by atoms with E-state index in [4.69, 9.17) is 4.74 Å². The van der Waals surface area contributed by atoms with Crippen LogP contribution in [-0.2, 0) is 4.74 Å². The molecule has 0 radical (unpaired) electrons. The molecule has 1 aromatic heterocycles. The van der Waals surface area contributed by atoms with Crippen molar-refractivity contribution in [2.75, 3.05) is 57.4 Å². The predicted octanol–water partition coefficient (Wildman–Crippen LogP) is 1.63. The Morgan fingerprint density at radius 2 is 1.63 bits per heavy atom. The lowest BCUT2D eigenvalue weighted by molar-refractivity contribution is 0.0300. The molecule has 0 atom stereocenters. The third-order valence-corrected chi connectivity index (χ3v) is 5.51. The Hall–Kier alpha value is -2.25. The van der Waals surface area contributed by atoms with E-state index in [2.05, 4.69) is 33.8 Å². The van der Waals surface area contributed by atoms with E-state index >= 15 is 0 Å². The van der Waals surface area contributed by atoms with Crippen LogP contribution in [0.25, 0.3) is 10.8 Å². The molecule has 0 spiro atoms. The first-order valence-electron chi connectivity index (χ1n) is 9.76. The molecule has 1 amide bonds. The number of carbonyl (C=O) groups is 1. The second-order valence-corrected chi connectivity index (χ2v) is 7.44. The molecular formula is C20H27N5O2. The van der Waals surface area contributed by atoms with Crippen molar-refractivity contribution in [2.24, 2.45) is 0 Å². The minimum atomic E-state index is -0.0572. The van der Waals surface area contributed by atoms with Gasteiger partial charge in [0.25, 0.3) is 5.91 Å². The maximum absolute atomic E-state index is 13.0. The number of benzene rings is 1. The molecule has 0 aliphatic carbocycles. The molecular weight excluding hydrogens is 342 g/mol. The largest absolute Gasteiger partial charge is 0.378 e. The SMILES string of the molecule is CC(C)N1CCN(c2nnc(C(=O)N3CCOCC3)c3ccccc23)CC1. The Bertz CT molecular complexity index is 811. The van der Waals surface area contributed by atoms with Gasteiger partial charge in [-0.15, -0.1) is 10.2 Å². The number of piperazine rings is 1. The van der Waals surface area contributed by atoms with Crippen LogP contribution in [-0.4, -0.2) is 84.4 Å². The third kappa shape index (κ3) is 3.61. The predicted molar refractivity (Wildman–Crippen MR) is 105 cm³/mol. The van der Waals surface area contributed by atoms with Gasteiger partial charge in [-0.1, -0.05) is 24.3 Å². The van der Waals surface area contributed by atoms with Gasteiger partial charge >= 0.3 is 0 Å². The molecule has 2 aliphatic rings. The molecule has 2 aliphatic heterocycles. The summed E-state index contributed by atoms with van der Waals surface area (Å²) in [5.74, 6) is 0.825. The number of rotatable bonds is 3. The number of amides is 1. The highest BCUT2D eigenvalue weighted by Crippen LogP contribution is 2.27. The molecule has 144 valence electrons. The molecule has 2 saturated heterocycles. The average molecular weight is 369 g/mol. The van der Waals surface area contributed by atoms with Gasteiger partial charge in [-0.2, -0.15) is 0 Å². The average Bonchev–Trinajstić information content (AvgIpc) is 2.73. The molecule has 0 N–H and O–H groups in total. The van der Waals surface area contributed by atoms with Gasteiger partial charge < -0.3 is 14.5 Å². The van der Waals surface area contributed by atoms with Crippen LogP contribution >= 0.6 is 0 Å². The summed E-state index contributed by atoms with van der Waals surface area (Å²) in [4.78, 5) is 19.5. The van der Waals surface area contributed by atoms with Gasteiger partial charge in [0, 0.05) is 56.1 Å². The maximum atomic E-state index is 13.0. The second-order valence-electron chi connectivity index (χ2n) is 7.44. The number of fused-ring (bicyclic) bond motifs is 1. The lowest BCUT2D eigenvalue weighted by Crippen LogP contribution is -2.49. The lowest BCUT2D eigenvalue weighted by atomic mass is 10.1. The summed E-state index contributed by atoms with van der Waals surface area (Å²) in [7, 11) is 0. The van der Waals surface area contributed by atoms with Crippen molar-refractivity contribution in [1.82, 2.24) is 20.0 Å². The molecule has 0 unspecified atom stereocenters. The zero-order valence-electron chi connectivity index (χ0n) is 16.1. The molecule has 4 rings (SSSR count). The van der Waals surface area contributed by atoms with E-state index in [-0.39, 0.29) is 5.91 Å². The normalized spacial score (nSPS) is 19.1. The van der Waals surface area contributed by atoms with E-state index in [0.29, 0.717) is 38.0 Å². The van der Waals surface area contributed by atoms with Crippen molar-refractivity contribution in [2.45, 2.75) is 19.9 Å². The van der Waals surface area contributed by atoms with Crippen LogP contribution in [0.5, 0.6) is 0 Å². The number of ether oxygens (including phenoxy) is 1. The molecule has 2 aromatic rings. The Labute approximate surface area is 159 Å². The third-order valence-electron chi connectivity index (χ3n) is 5.51. The van der Waals surface area contributed by atoms with Crippen LogP contribution in [0.1, 0.15) is 24.3 Å². The fourth-order valence-corrected chi connectivity index (χ4v) is 3.85. The first-order valence-corrected chi connectivity index (χ1v) is 9.76. The summed E-state index contributed by atoms with van der Waals surface area (Å²) in [5, 5.41) is 10.8. The zero-order valence-corrected chi connectivity index (χ0v) is 16.1. The molecule has 27 heavy (non-hydrogen) atoms. The summed E-state index contributed by atoms with van der Waals surface area (Å²) in [6, 6.07) is 8.54. The van der Waals surface area contributed by atoms with Crippen LogP contribution in [0.15, 0.2) is 24.3 Å². The highest BCUT2D eigenvalue weighted by atomic mass is 16.5. The van der Waals surface area contributed by atoms with Gasteiger partial charge in [-0.25, -0.2) is 0 Å². The van der Waals surface area contributed by atoms with Gasteiger partial charge in [0.2, 0.25) is 0 Å². The Morgan fingerprint density at radius 3 is 2.30 bits per heavy atom. The highest BCUT2D eigenvalue weighted by Gasteiger charge is 2.26. The molecule has 1 aromatic carbocycles. The number of hydrogen-bond acceptors (Lipinski definition) is 6. The quantitative estimate of drug-likeness (QED) is 0.820. The number of carbonyl (C=O) groups excluding carboxylic acids is 1. The fraction of sp³-hybridized carbons (Fsp3) is 0.550. The van der Waals surface area contributed by atoms with Gasteiger partial charge in [-0.05, 0) is 13.8 Å². The molecule has 2 fully saturated rings. The molecule has 7 heteroatoms. The maximum Gasteiger partial charge on any atom is 0.275 e. The van der Waals surface area contributed by atoms with E-state index in [9.17, 15) is 4.79 Å². The minimum absolute atomic E-state index is 0.0572. The topological polar surface area (TPSA) is 61.8 Å². The zero-order chi connectivity index (χ0) is 18.8. The van der Waals surface area contributed by atoms with Gasteiger partial charge in [0.15, 0.2) is 11.5 Å². The lowest BCUT2D eigenvalue weighted by Gasteiger charge is -2.37. The van der Waals surface area contributed by atoms with E-state index in [1.165, 1.54) is 0 Å². The number of morpholine rings is 1. The van der Waals surface area contributed by atoms with Crippen molar-refractivity contribution < 1.29 is 9.53 Å². The van der Waals surface area contributed by atoms with Crippen molar-refractivity contribution in [3.05, 3.63) is 30.0 Å². The van der Waals surface area contributed by atoms with Crippen LogP contribution < -0.4 is 4.90 Å². The molecule has 7 nitrogen and oxygen atoms in total. The molecule has 0 saturated carbocycles. The number of aromatic nitrogens is 2. The standard InChI is InChI=1S/C20H27N5O2/c1-15(2)23-7-9-24(10-8-23)19-17-6-4-3-5-16(17)18(21-22-19)20(26)25-11-13-27-14-12-25/h3-6,15H,7-14H2,1-2H3. The van der Waals surface area contributed by atoms with Crippen LogP contribution in [0.3, 0.4) is 0 Å². The number of nitrogens with zero attached hydrogens (tertiary/aromatic N) is 5. The van der Waals surface area contributed by atoms with Crippen molar-refractivity contribution in [1.29, 1.82) is 0 Å². The van der Waals surface area contributed by atoms with Crippen molar-refractivity contribution in [3.63, 3.8) is 0 Å². The van der Waals surface area contributed by atoms with Crippen molar-refractivity contribution in [3.8, 4) is 0 Å².